The maximum Gasteiger partial charge on any atom is 0.228 e. The molecule has 0 radical (unpaired) electrons. The first-order valence-corrected chi connectivity index (χ1v) is 8.34. The van der Waals surface area contributed by atoms with Crippen LogP contribution in [-0.4, -0.2) is 59.0 Å². The second-order valence-corrected chi connectivity index (χ2v) is 6.36. The van der Waals surface area contributed by atoms with Crippen molar-refractivity contribution in [1.29, 1.82) is 0 Å². The first kappa shape index (κ1) is 15.7. The van der Waals surface area contributed by atoms with Gasteiger partial charge in [-0.2, -0.15) is 4.98 Å². The van der Waals surface area contributed by atoms with Gasteiger partial charge in [0.25, 0.3) is 0 Å². The number of aromatic nitrogens is 3. The van der Waals surface area contributed by atoms with Crippen molar-refractivity contribution in [2.24, 2.45) is 0 Å². The molecule has 1 saturated heterocycles. The van der Waals surface area contributed by atoms with Gasteiger partial charge in [-0.1, -0.05) is 0 Å². The SMILES string of the molecule is COc1ccnc(N2CCN(C(=O)Cc3csc(C)n3)CC2)n1. The summed E-state index contributed by atoms with van der Waals surface area (Å²) in [6.45, 7) is 4.72. The van der Waals surface area contributed by atoms with Crippen LogP contribution in [0, 0.1) is 6.92 Å². The topological polar surface area (TPSA) is 71.5 Å². The lowest BCUT2D eigenvalue weighted by atomic mass is 10.2. The van der Waals surface area contributed by atoms with Crippen LogP contribution in [0.4, 0.5) is 5.95 Å². The van der Waals surface area contributed by atoms with Crippen LogP contribution in [0.3, 0.4) is 0 Å². The Morgan fingerprint density at radius 3 is 2.74 bits per heavy atom. The van der Waals surface area contributed by atoms with Crippen molar-refractivity contribution >= 4 is 23.2 Å². The predicted octanol–water partition coefficient (Wildman–Crippen LogP) is 1.14. The van der Waals surface area contributed by atoms with E-state index in [-0.39, 0.29) is 5.91 Å². The maximum atomic E-state index is 12.3. The lowest BCUT2D eigenvalue weighted by Crippen LogP contribution is -2.49. The van der Waals surface area contributed by atoms with E-state index in [1.807, 2.05) is 17.2 Å². The van der Waals surface area contributed by atoms with Crippen molar-refractivity contribution in [1.82, 2.24) is 19.9 Å². The molecule has 1 fully saturated rings. The quantitative estimate of drug-likeness (QED) is 0.836. The second kappa shape index (κ2) is 6.91. The number of methoxy groups -OCH3 is 1. The number of piperazine rings is 1. The van der Waals surface area contributed by atoms with Gasteiger partial charge in [-0.05, 0) is 6.92 Å². The van der Waals surface area contributed by atoms with Crippen LogP contribution in [0.25, 0.3) is 0 Å². The molecule has 1 amide bonds. The zero-order valence-corrected chi connectivity index (χ0v) is 14.0. The van der Waals surface area contributed by atoms with E-state index in [1.165, 1.54) is 0 Å². The second-order valence-electron chi connectivity index (χ2n) is 5.30. The fraction of sp³-hybridized carbons (Fsp3) is 0.467. The van der Waals surface area contributed by atoms with Crippen LogP contribution in [0.15, 0.2) is 17.6 Å². The van der Waals surface area contributed by atoms with Gasteiger partial charge in [0, 0.05) is 43.8 Å². The number of thiazole rings is 1. The Balaban J connectivity index is 1.56. The summed E-state index contributed by atoms with van der Waals surface area (Å²) < 4.78 is 5.13. The highest BCUT2D eigenvalue weighted by molar-refractivity contribution is 7.09. The Bertz CT molecular complexity index is 682. The van der Waals surface area contributed by atoms with Crippen LogP contribution >= 0.6 is 11.3 Å². The molecule has 0 aromatic carbocycles. The summed E-state index contributed by atoms with van der Waals surface area (Å²) in [7, 11) is 1.59. The van der Waals surface area contributed by atoms with E-state index in [1.54, 1.807) is 30.7 Å². The third-order valence-electron chi connectivity index (χ3n) is 3.74. The Morgan fingerprint density at radius 1 is 1.30 bits per heavy atom. The van der Waals surface area contributed by atoms with Crippen molar-refractivity contribution in [3.05, 3.63) is 28.3 Å². The molecule has 122 valence electrons. The van der Waals surface area contributed by atoms with Crippen LogP contribution in [0.5, 0.6) is 5.88 Å². The van der Waals surface area contributed by atoms with Crippen molar-refractivity contribution in [2.45, 2.75) is 13.3 Å². The molecule has 2 aromatic heterocycles. The minimum Gasteiger partial charge on any atom is -0.481 e. The van der Waals surface area contributed by atoms with Crippen LogP contribution in [-0.2, 0) is 11.2 Å². The van der Waals surface area contributed by atoms with E-state index in [4.69, 9.17) is 4.74 Å². The molecule has 0 N–H and O–H groups in total. The minimum atomic E-state index is 0.126. The first-order valence-electron chi connectivity index (χ1n) is 7.46. The molecule has 0 aliphatic carbocycles. The number of carbonyl (C=O) groups excluding carboxylic acids is 1. The highest BCUT2D eigenvalue weighted by Crippen LogP contribution is 2.15. The van der Waals surface area contributed by atoms with E-state index in [0.29, 0.717) is 31.3 Å². The monoisotopic (exact) mass is 333 g/mol. The van der Waals surface area contributed by atoms with Gasteiger partial charge < -0.3 is 14.5 Å². The number of rotatable bonds is 4. The van der Waals surface area contributed by atoms with E-state index >= 15 is 0 Å². The highest BCUT2D eigenvalue weighted by Gasteiger charge is 2.23. The Morgan fingerprint density at radius 2 is 2.09 bits per heavy atom. The third-order valence-corrected chi connectivity index (χ3v) is 4.56. The minimum absolute atomic E-state index is 0.126. The molecule has 23 heavy (non-hydrogen) atoms. The number of hydrogen-bond acceptors (Lipinski definition) is 7. The molecule has 0 atom stereocenters. The van der Waals surface area contributed by atoms with Gasteiger partial charge in [0.2, 0.25) is 17.7 Å². The Kier molecular flexibility index (Phi) is 4.71. The van der Waals surface area contributed by atoms with Crippen molar-refractivity contribution in [3.8, 4) is 5.88 Å². The predicted molar refractivity (Wildman–Crippen MR) is 87.9 cm³/mol. The normalized spacial score (nSPS) is 14.9. The van der Waals surface area contributed by atoms with Gasteiger partial charge >= 0.3 is 0 Å². The average Bonchev–Trinajstić information content (AvgIpc) is 3.00. The molecule has 3 heterocycles. The Labute approximate surface area is 138 Å². The molecule has 1 aliphatic rings. The number of carbonyl (C=O) groups is 1. The standard InChI is InChI=1S/C15H19N5O2S/c1-11-17-12(10-23-11)9-14(21)19-5-7-20(8-6-19)15-16-4-3-13(18-15)22-2/h3-4,10H,5-9H2,1-2H3. The summed E-state index contributed by atoms with van der Waals surface area (Å²) in [6.07, 6.45) is 2.06. The summed E-state index contributed by atoms with van der Waals surface area (Å²) in [5, 5.41) is 2.95. The van der Waals surface area contributed by atoms with E-state index in [2.05, 4.69) is 19.9 Å². The number of amides is 1. The van der Waals surface area contributed by atoms with Crippen LogP contribution < -0.4 is 9.64 Å². The van der Waals surface area contributed by atoms with E-state index in [9.17, 15) is 4.79 Å². The van der Waals surface area contributed by atoms with Gasteiger partial charge in [0.1, 0.15) is 0 Å². The number of aryl methyl sites for hydroxylation is 1. The summed E-state index contributed by atoms with van der Waals surface area (Å²) in [4.78, 5) is 29.3. The lowest BCUT2D eigenvalue weighted by molar-refractivity contribution is -0.130. The molecule has 0 saturated carbocycles. The van der Waals surface area contributed by atoms with Crippen molar-refractivity contribution in [3.63, 3.8) is 0 Å². The van der Waals surface area contributed by atoms with Crippen LogP contribution in [0.2, 0.25) is 0 Å². The van der Waals surface area contributed by atoms with Gasteiger partial charge in [-0.3, -0.25) is 4.79 Å². The molecule has 2 aromatic rings. The average molecular weight is 333 g/mol. The third kappa shape index (κ3) is 3.76. The van der Waals surface area contributed by atoms with E-state index < -0.39 is 0 Å². The summed E-state index contributed by atoms with van der Waals surface area (Å²) in [5.74, 6) is 1.32. The lowest BCUT2D eigenvalue weighted by Gasteiger charge is -2.34. The Hall–Kier alpha value is -2.22. The number of anilines is 1. The molecule has 8 heteroatoms. The van der Waals surface area contributed by atoms with Gasteiger partial charge in [0.15, 0.2) is 0 Å². The molecular weight excluding hydrogens is 314 g/mol. The number of nitrogens with zero attached hydrogens (tertiary/aromatic N) is 5. The first-order chi connectivity index (χ1) is 11.2. The van der Waals surface area contributed by atoms with Crippen LogP contribution in [0.1, 0.15) is 10.7 Å². The number of ether oxygens (including phenoxy) is 1. The fourth-order valence-electron chi connectivity index (χ4n) is 2.51. The van der Waals surface area contributed by atoms with E-state index in [0.717, 1.165) is 23.8 Å². The van der Waals surface area contributed by atoms with Gasteiger partial charge in [-0.15, -0.1) is 11.3 Å². The molecule has 0 spiro atoms. The zero-order chi connectivity index (χ0) is 16.2. The summed E-state index contributed by atoms with van der Waals surface area (Å²) in [6, 6.07) is 1.72. The number of hydrogen-bond donors (Lipinski definition) is 0. The molecule has 3 rings (SSSR count). The molecule has 7 nitrogen and oxygen atoms in total. The largest absolute Gasteiger partial charge is 0.481 e. The van der Waals surface area contributed by atoms with Gasteiger partial charge in [0.05, 0.1) is 24.2 Å². The maximum absolute atomic E-state index is 12.3. The highest BCUT2D eigenvalue weighted by atomic mass is 32.1. The molecular formula is C15H19N5O2S. The molecule has 1 aliphatic heterocycles. The zero-order valence-electron chi connectivity index (χ0n) is 13.2. The molecule has 0 bridgehead atoms. The summed E-state index contributed by atoms with van der Waals surface area (Å²) in [5.41, 5.74) is 0.857. The fourth-order valence-corrected chi connectivity index (χ4v) is 3.12. The molecule has 0 unspecified atom stereocenters. The van der Waals surface area contributed by atoms with Gasteiger partial charge in [-0.25, -0.2) is 9.97 Å². The smallest absolute Gasteiger partial charge is 0.228 e. The summed E-state index contributed by atoms with van der Waals surface area (Å²) >= 11 is 1.58. The van der Waals surface area contributed by atoms with Crippen molar-refractivity contribution < 1.29 is 9.53 Å². The van der Waals surface area contributed by atoms with Crippen molar-refractivity contribution in [2.75, 3.05) is 38.2 Å².